The highest BCUT2D eigenvalue weighted by Crippen LogP contribution is 2.32. The van der Waals surface area contributed by atoms with Crippen LogP contribution in [0.2, 0.25) is 0 Å². The summed E-state index contributed by atoms with van der Waals surface area (Å²) in [5.74, 6) is 1.43. The summed E-state index contributed by atoms with van der Waals surface area (Å²) in [4.78, 5) is 19.2. The highest BCUT2D eigenvalue weighted by Gasteiger charge is 2.35. The number of pyridine rings is 1. The highest BCUT2D eigenvalue weighted by atomic mass is 16.5. The Morgan fingerprint density at radius 3 is 2.68 bits per heavy atom. The molecule has 200 valence electrons. The fourth-order valence-corrected chi connectivity index (χ4v) is 5.22. The van der Waals surface area contributed by atoms with Gasteiger partial charge in [-0.1, -0.05) is 30.3 Å². The van der Waals surface area contributed by atoms with Gasteiger partial charge in [-0.15, -0.1) is 5.10 Å². The number of nitrogens with one attached hydrogen (secondary N) is 1. The van der Waals surface area contributed by atoms with Crippen LogP contribution < -0.4 is 10.3 Å². The molecule has 0 radical (unpaired) electrons. The van der Waals surface area contributed by atoms with Gasteiger partial charge in [-0.05, 0) is 85.7 Å². The average molecular weight is 517 g/mol. The molecule has 38 heavy (non-hydrogen) atoms. The summed E-state index contributed by atoms with van der Waals surface area (Å²) in [5.41, 5.74) is 3.04. The molecule has 1 N–H and O–H groups in total. The zero-order valence-corrected chi connectivity index (χ0v) is 22.8. The molecule has 9 heteroatoms. The van der Waals surface area contributed by atoms with Gasteiger partial charge < -0.3 is 14.5 Å². The summed E-state index contributed by atoms with van der Waals surface area (Å²) in [5, 5.41) is 13.9. The number of fused-ring (bicyclic) bond motifs is 1. The molecule has 0 saturated carbocycles. The van der Waals surface area contributed by atoms with Gasteiger partial charge in [0.1, 0.15) is 11.8 Å². The topological polar surface area (TPSA) is 98.2 Å². The molecule has 3 heterocycles. The minimum atomic E-state index is -0.496. The van der Waals surface area contributed by atoms with Crippen molar-refractivity contribution < 1.29 is 9.47 Å². The van der Waals surface area contributed by atoms with Crippen molar-refractivity contribution in [3.05, 3.63) is 81.4 Å². The third-order valence-corrected chi connectivity index (χ3v) is 7.16. The number of para-hydroxylation sites is 1. The number of methoxy groups -OCH3 is 1. The standard InChI is InChI=1S/C29H36N6O3/c1-19-8-6-9-21-16-24(28(36)30-25(19)21)26(27-31-32-33-35(27)29(2,3)4)34(18-23-10-7-15-38-23)17-20-11-13-22(37-5)14-12-20/h6,8-9,11-14,16,23,26H,7,10,15,17-18H2,1-5H3,(H,30,36)/t23-,26-/m0/s1. The summed E-state index contributed by atoms with van der Waals surface area (Å²) in [7, 11) is 1.66. The van der Waals surface area contributed by atoms with Gasteiger partial charge in [-0.3, -0.25) is 9.69 Å². The number of hydrogen-bond acceptors (Lipinski definition) is 7. The van der Waals surface area contributed by atoms with E-state index in [0.717, 1.165) is 47.2 Å². The summed E-state index contributed by atoms with van der Waals surface area (Å²) in [6, 6.07) is 15.6. The second kappa shape index (κ2) is 10.7. The zero-order valence-electron chi connectivity index (χ0n) is 22.8. The molecule has 0 amide bonds. The van der Waals surface area contributed by atoms with E-state index in [0.29, 0.717) is 24.5 Å². The SMILES string of the molecule is COc1ccc(CN(C[C@@H]2CCCO2)[C@@H](c2cc3cccc(C)c3[nH]c2=O)c2nnnn2C(C)(C)C)cc1. The number of aryl methyl sites for hydroxylation is 1. The Morgan fingerprint density at radius 2 is 2.00 bits per heavy atom. The van der Waals surface area contributed by atoms with Gasteiger partial charge in [0.15, 0.2) is 5.82 Å². The van der Waals surface area contributed by atoms with Gasteiger partial charge in [0.05, 0.1) is 24.3 Å². The third kappa shape index (κ3) is 5.35. The molecule has 1 saturated heterocycles. The molecule has 0 aliphatic carbocycles. The van der Waals surface area contributed by atoms with Gasteiger partial charge in [-0.2, -0.15) is 0 Å². The lowest BCUT2D eigenvalue weighted by molar-refractivity contribution is 0.0564. The van der Waals surface area contributed by atoms with Crippen LogP contribution in [-0.4, -0.2) is 56.5 Å². The van der Waals surface area contributed by atoms with E-state index >= 15 is 0 Å². The molecule has 2 aromatic heterocycles. The molecule has 0 bridgehead atoms. The van der Waals surface area contributed by atoms with E-state index in [1.54, 1.807) is 7.11 Å². The average Bonchev–Trinajstić information content (AvgIpc) is 3.58. The van der Waals surface area contributed by atoms with Crippen LogP contribution >= 0.6 is 0 Å². The van der Waals surface area contributed by atoms with E-state index in [1.807, 2.05) is 48.0 Å². The number of H-pyrrole nitrogens is 1. The fourth-order valence-electron chi connectivity index (χ4n) is 5.22. The minimum absolute atomic E-state index is 0.0662. The van der Waals surface area contributed by atoms with Crippen molar-refractivity contribution in [1.29, 1.82) is 0 Å². The van der Waals surface area contributed by atoms with Crippen LogP contribution in [0, 0.1) is 6.92 Å². The number of ether oxygens (including phenoxy) is 2. The molecule has 2 aromatic carbocycles. The first-order chi connectivity index (χ1) is 18.2. The van der Waals surface area contributed by atoms with Crippen molar-refractivity contribution in [2.45, 2.75) is 64.8 Å². The summed E-state index contributed by atoms with van der Waals surface area (Å²) in [6.07, 6.45) is 2.07. The van der Waals surface area contributed by atoms with E-state index in [4.69, 9.17) is 9.47 Å². The van der Waals surface area contributed by atoms with Crippen molar-refractivity contribution in [3.63, 3.8) is 0 Å². The number of hydrogen-bond donors (Lipinski definition) is 1. The fraction of sp³-hybridized carbons (Fsp3) is 0.448. The van der Waals surface area contributed by atoms with Gasteiger partial charge >= 0.3 is 0 Å². The Hall–Kier alpha value is -3.56. The maximum Gasteiger partial charge on any atom is 0.253 e. The molecule has 5 rings (SSSR count). The molecule has 0 spiro atoms. The molecule has 1 aliphatic heterocycles. The van der Waals surface area contributed by atoms with Crippen molar-refractivity contribution in [3.8, 4) is 5.75 Å². The summed E-state index contributed by atoms with van der Waals surface area (Å²) >= 11 is 0. The molecular weight excluding hydrogens is 480 g/mol. The van der Waals surface area contributed by atoms with Gasteiger partial charge in [-0.25, -0.2) is 4.68 Å². The Labute approximate surface area is 222 Å². The van der Waals surface area contributed by atoms with Crippen molar-refractivity contribution in [1.82, 2.24) is 30.1 Å². The maximum absolute atomic E-state index is 13.8. The molecule has 1 aliphatic rings. The Kier molecular flexibility index (Phi) is 7.32. The van der Waals surface area contributed by atoms with E-state index < -0.39 is 6.04 Å². The molecule has 9 nitrogen and oxygen atoms in total. The predicted molar refractivity (Wildman–Crippen MR) is 146 cm³/mol. The molecule has 0 unspecified atom stereocenters. The smallest absolute Gasteiger partial charge is 0.253 e. The van der Waals surface area contributed by atoms with Crippen LogP contribution in [0.3, 0.4) is 0 Å². The number of tetrazole rings is 1. The summed E-state index contributed by atoms with van der Waals surface area (Å²) < 4.78 is 13.3. The van der Waals surface area contributed by atoms with Gasteiger partial charge in [0.2, 0.25) is 0 Å². The van der Waals surface area contributed by atoms with Crippen LogP contribution in [-0.2, 0) is 16.8 Å². The van der Waals surface area contributed by atoms with Crippen molar-refractivity contribution in [2.24, 2.45) is 0 Å². The van der Waals surface area contributed by atoms with Crippen molar-refractivity contribution in [2.75, 3.05) is 20.3 Å². The Morgan fingerprint density at radius 1 is 1.21 bits per heavy atom. The van der Waals surface area contributed by atoms with E-state index in [9.17, 15) is 4.79 Å². The first kappa shape index (κ1) is 26.1. The lowest BCUT2D eigenvalue weighted by Gasteiger charge is -2.34. The maximum atomic E-state index is 13.8. The lowest BCUT2D eigenvalue weighted by atomic mass is 9.99. The minimum Gasteiger partial charge on any atom is -0.497 e. The Balaban J connectivity index is 1.68. The molecule has 1 fully saturated rings. The molecule has 4 aromatic rings. The molecular formula is C29H36N6O3. The van der Waals surface area contributed by atoms with Crippen LogP contribution in [0.15, 0.2) is 53.3 Å². The number of rotatable bonds is 8. The quantitative estimate of drug-likeness (QED) is 0.372. The number of benzene rings is 2. The second-order valence-corrected chi connectivity index (χ2v) is 11.0. The summed E-state index contributed by atoms with van der Waals surface area (Å²) in [6.45, 7) is 10.2. The van der Waals surface area contributed by atoms with E-state index in [2.05, 4.69) is 58.3 Å². The first-order valence-electron chi connectivity index (χ1n) is 13.1. The molecule has 2 atom stereocenters. The van der Waals surface area contributed by atoms with Crippen molar-refractivity contribution >= 4 is 10.9 Å². The first-order valence-corrected chi connectivity index (χ1v) is 13.1. The Bertz CT molecular complexity index is 1450. The van der Waals surface area contributed by atoms with Gasteiger partial charge in [0.25, 0.3) is 5.56 Å². The van der Waals surface area contributed by atoms with E-state index in [-0.39, 0.29) is 17.2 Å². The predicted octanol–water partition coefficient (Wildman–Crippen LogP) is 4.36. The number of nitrogens with zero attached hydrogens (tertiary/aromatic N) is 5. The normalized spacial score (nSPS) is 16.8. The largest absolute Gasteiger partial charge is 0.497 e. The van der Waals surface area contributed by atoms with Crippen LogP contribution in [0.25, 0.3) is 10.9 Å². The number of aromatic amines is 1. The zero-order chi connectivity index (χ0) is 26.9. The monoisotopic (exact) mass is 516 g/mol. The van der Waals surface area contributed by atoms with Crippen LogP contribution in [0.4, 0.5) is 0 Å². The lowest BCUT2D eigenvalue weighted by Crippen LogP contribution is -2.40. The third-order valence-electron chi connectivity index (χ3n) is 7.16. The number of aromatic nitrogens is 5. The van der Waals surface area contributed by atoms with Gasteiger partial charge in [0, 0.05) is 25.3 Å². The highest BCUT2D eigenvalue weighted by molar-refractivity contribution is 5.82. The van der Waals surface area contributed by atoms with Crippen LogP contribution in [0.1, 0.15) is 62.2 Å². The second-order valence-electron chi connectivity index (χ2n) is 11.0. The van der Waals surface area contributed by atoms with E-state index in [1.165, 1.54) is 0 Å². The van der Waals surface area contributed by atoms with Crippen LogP contribution in [0.5, 0.6) is 5.75 Å².